The smallest absolute Gasteiger partial charge is 1.00 e. The van der Waals surface area contributed by atoms with Crippen molar-refractivity contribution in [3.05, 3.63) is 101 Å². The van der Waals surface area contributed by atoms with E-state index in [1.165, 1.54) is 22.3 Å². The SMILES string of the molecule is C[SiH](c1ccccc1)c1c(C(C)(C)C)cc2c(c1C1=CC=CC1)[CH]([Hf+2])c1c-2cccc1C(C)(C)C.[Cl-].[Cl-]. The Kier molecular flexibility index (Phi) is 9.12. The molecule has 0 N–H and O–H groups in total. The minimum atomic E-state index is -1.41. The van der Waals surface area contributed by atoms with Crippen molar-refractivity contribution in [1.82, 2.24) is 0 Å². The summed E-state index contributed by atoms with van der Waals surface area (Å²) in [6, 6.07) is 21.0. The number of halogens is 2. The van der Waals surface area contributed by atoms with Crippen molar-refractivity contribution in [3.63, 3.8) is 0 Å². The van der Waals surface area contributed by atoms with Crippen LogP contribution in [0.2, 0.25) is 6.55 Å². The van der Waals surface area contributed by atoms with Crippen molar-refractivity contribution in [2.45, 2.75) is 69.0 Å². The second-order valence-electron chi connectivity index (χ2n) is 12.3. The summed E-state index contributed by atoms with van der Waals surface area (Å²) in [5.41, 5.74) is 12.7. The van der Waals surface area contributed by atoms with E-state index in [9.17, 15) is 0 Å². The van der Waals surface area contributed by atoms with Crippen LogP contribution in [-0.4, -0.2) is 8.80 Å². The van der Waals surface area contributed by atoms with E-state index in [0.29, 0.717) is 3.67 Å². The van der Waals surface area contributed by atoms with Crippen LogP contribution in [0.1, 0.15) is 79.5 Å². The molecule has 0 aliphatic heterocycles. The maximum absolute atomic E-state index is 2.62. The van der Waals surface area contributed by atoms with Crippen LogP contribution in [0.5, 0.6) is 0 Å². The van der Waals surface area contributed by atoms with Gasteiger partial charge >= 0.3 is 230 Å². The summed E-state index contributed by atoms with van der Waals surface area (Å²) in [6.45, 7) is 16.9. The third kappa shape index (κ3) is 5.33. The van der Waals surface area contributed by atoms with Gasteiger partial charge < -0.3 is 24.8 Å². The molecule has 2 aliphatic rings. The first kappa shape index (κ1) is 30.3. The zero-order valence-electron chi connectivity index (χ0n) is 23.0. The minimum absolute atomic E-state index is 0. The average Bonchev–Trinajstić information content (AvgIpc) is 3.44. The van der Waals surface area contributed by atoms with Crippen molar-refractivity contribution in [2.75, 3.05) is 0 Å². The molecule has 3 aromatic carbocycles. The summed E-state index contributed by atoms with van der Waals surface area (Å²) in [7, 11) is -1.41. The second-order valence-corrected chi connectivity index (χ2v) is 17.1. The van der Waals surface area contributed by atoms with Gasteiger partial charge in [-0.3, -0.25) is 0 Å². The van der Waals surface area contributed by atoms with Gasteiger partial charge in [0.1, 0.15) is 0 Å². The molecule has 0 saturated carbocycles. The summed E-state index contributed by atoms with van der Waals surface area (Å²) in [5.74, 6) is 0. The molecule has 0 radical (unpaired) electrons. The molecule has 0 amide bonds. The van der Waals surface area contributed by atoms with Crippen LogP contribution in [0.25, 0.3) is 16.7 Å². The van der Waals surface area contributed by atoms with Gasteiger partial charge in [0.15, 0.2) is 0 Å². The number of rotatable bonds is 3. The number of fused-ring (bicyclic) bond motifs is 3. The summed E-state index contributed by atoms with van der Waals surface area (Å²) >= 11 is 1.13. The van der Waals surface area contributed by atoms with Crippen molar-refractivity contribution < 1.29 is 49.2 Å². The van der Waals surface area contributed by atoms with Gasteiger partial charge in [-0.2, -0.15) is 0 Å². The first-order chi connectivity index (χ1) is 16.5. The van der Waals surface area contributed by atoms with Gasteiger partial charge in [-0.1, -0.05) is 0 Å². The van der Waals surface area contributed by atoms with E-state index in [4.69, 9.17) is 0 Å². The molecule has 3 aromatic rings. The van der Waals surface area contributed by atoms with E-state index in [2.05, 4.69) is 121 Å². The Balaban J connectivity index is 0.00000190. The summed E-state index contributed by atoms with van der Waals surface area (Å²) in [6.07, 6.45) is 8.07. The molecule has 0 nitrogen and oxygen atoms in total. The van der Waals surface area contributed by atoms with Gasteiger partial charge in [-0.25, -0.2) is 0 Å². The molecule has 0 saturated heterocycles. The Labute approximate surface area is 253 Å². The van der Waals surface area contributed by atoms with Gasteiger partial charge in [0, 0.05) is 0 Å². The average molecular weight is 711 g/mol. The molecule has 2 aliphatic carbocycles. The molecular weight excluding hydrogens is 674 g/mol. The maximum Gasteiger partial charge on any atom is -1.00 e. The third-order valence-electron chi connectivity index (χ3n) is 7.82. The maximum atomic E-state index is 2.62. The van der Waals surface area contributed by atoms with Gasteiger partial charge in [0.05, 0.1) is 0 Å². The van der Waals surface area contributed by atoms with E-state index in [1.54, 1.807) is 32.6 Å². The Morgan fingerprint density at radius 2 is 1.43 bits per heavy atom. The fourth-order valence-corrected chi connectivity index (χ4v) is 11.2. The topological polar surface area (TPSA) is 0 Å². The zero-order chi connectivity index (χ0) is 25.1. The summed E-state index contributed by atoms with van der Waals surface area (Å²) in [4.78, 5) is 0. The predicted molar refractivity (Wildman–Crippen MR) is 152 cm³/mol. The molecule has 191 valence electrons. The van der Waals surface area contributed by atoms with Gasteiger partial charge in [0.2, 0.25) is 0 Å². The minimum Gasteiger partial charge on any atom is -1.00 e. The molecular formula is C33H37Cl2HfSi. The van der Waals surface area contributed by atoms with Gasteiger partial charge in [-0.15, -0.1) is 0 Å². The van der Waals surface area contributed by atoms with Crippen molar-refractivity contribution in [3.8, 4) is 11.1 Å². The standard InChI is InChI=1S/C33H37Si.2ClH.Hf/c1-32(2,3)28-19-13-18-24-25-21-29(33(4,5)6)31(34(7)23-16-9-8-10-17-23)30(22-14-11-12-15-22)27(25)20-26(24)28;;;/h8-14,16-21,34H,15H2,1-7H3;2*1H;/q;;;+2/p-2. The molecule has 0 bridgehead atoms. The molecule has 37 heavy (non-hydrogen) atoms. The second kappa shape index (κ2) is 11.1. The summed E-state index contributed by atoms with van der Waals surface area (Å²) < 4.78 is 0.539. The monoisotopic (exact) mass is 711 g/mol. The summed E-state index contributed by atoms with van der Waals surface area (Å²) in [5, 5.41) is 3.23. The van der Waals surface area contributed by atoms with E-state index >= 15 is 0 Å². The van der Waals surface area contributed by atoms with Crippen LogP contribution in [-0.2, 0) is 35.2 Å². The van der Waals surface area contributed by atoms with Crippen molar-refractivity contribution in [2.24, 2.45) is 0 Å². The van der Waals surface area contributed by atoms with Crippen LogP contribution in [0.3, 0.4) is 0 Å². The molecule has 0 spiro atoms. The van der Waals surface area contributed by atoms with E-state index < -0.39 is 8.80 Å². The number of benzene rings is 3. The normalized spacial score (nSPS) is 16.9. The fraction of sp³-hybridized carbons (Fsp3) is 0.333. The Hall–Kier alpha value is -1.19. The molecule has 2 atom stereocenters. The largest absolute Gasteiger partial charge is 1.00 e. The number of hydrogen-bond donors (Lipinski definition) is 0. The van der Waals surface area contributed by atoms with Crippen LogP contribution in [0.15, 0.2) is 72.8 Å². The molecule has 0 heterocycles. The predicted octanol–water partition coefficient (Wildman–Crippen LogP) is 1.22. The first-order valence-corrected chi connectivity index (χ1v) is 17.4. The van der Waals surface area contributed by atoms with Crippen LogP contribution < -0.4 is 35.2 Å². The molecule has 5 rings (SSSR count). The Morgan fingerprint density at radius 1 is 0.784 bits per heavy atom. The van der Waals surface area contributed by atoms with Crippen LogP contribution in [0, 0.1) is 0 Å². The number of hydrogen-bond acceptors (Lipinski definition) is 0. The molecule has 4 heteroatoms. The zero-order valence-corrected chi connectivity index (χ0v) is 29.3. The van der Waals surface area contributed by atoms with Gasteiger partial charge in [-0.05, 0) is 0 Å². The quantitative estimate of drug-likeness (QED) is 0.359. The Bertz CT molecular complexity index is 1360. The van der Waals surface area contributed by atoms with Crippen molar-refractivity contribution in [1.29, 1.82) is 0 Å². The van der Waals surface area contributed by atoms with Crippen LogP contribution in [0.4, 0.5) is 0 Å². The van der Waals surface area contributed by atoms with Crippen molar-refractivity contribution >= 4 is 24.7 Å². The molecule has 0 fully saturated rings. The third-order valence-corrected chi connectivity index (χ3v) is 12.7. The number of allylic oxidation sites excluding steroid dienone is 4. The van der Waals surface area contributed by atoms with E-state index in [0.717, 1.165) is 30.8 Å². The Morgan fingerprint density at radius 3 is 2.00 bits per heavy atom. The van der Waals surface area contributed by atoms with E-state index in [1.807, 2.05) is 0 Å². The molecule has 2 unspecified atom stereocenters. The first-order valence-electron chi connectivity index (χ1n) is 13.0. The van der Waals surface area contributed by atoms with Crippen LogP contribution >= 0.6 is 0 Å². The van der Waals surface area contributed by atoms with E-state index in [-0.39, 0.29) is 35.6 Å². The fourth-order valence-electron chi connectivity index (χ4n) is 6.10. The molecule has 0 aromatic heterocycles. The van der Waals surface area contributed by atoms with Gasteiger partial charge in [0.25, 0.3) is 0 Å².